The molecule has 2 aliphatic carbocycles. The summed E-state index contributed by atoms with van der Waals surface area (Å²) in [5.74, 6) is 1.86. The first kappa shape index (κ1) is 25.3. The molecular weight excluding hydrogens is 510 g/mol. The Morgan fingerprint density at radius 3 is 2.83 bits per heavy atom. The molecule has 0 unspecified atom stereocenters. The van der Waals surface area contributed by atoms with E-state index in [1.807, 2.05) is 13.1 Å². The van der Waals surface area contributed by atoms with Crippen LogP contribution in [0.3, 0.4) is 0 Å². The topological polar surface area (TPSA) is 175 Å². The summed E-state index contributed by atoms with van der Waals surface area (Å²) in [6, 6.07) is 9.04. The number of nitrogens with one attached hydrogen (secondary N) is 1. The van der Waals surface area contributed by atoms with E-state index in [2.05, 4.69) is 43.0 Å². The normalized spacial score (nSPS) is 29.2. The molecule has 0 bridgehead atoms. The number of ether oxygens (including phenoxy) is 1. The number of imidazole rings is 2. The molecule has 0 spiro atoms. The number of aromatic amines is 1. The van der Waals surface area contributed by atoms with Gasteiger partial charge in [0, 0.05) is 19.0 Å². The van der Waals surface area contributed by atoms with Gasteiger partial charge < -0.3 is 30.6 Å². The number of hydrogen-bond donors (Lipinski definition) is 4. The van der Waals surface area contributed by atoms with Crippen LogP contribution in [-0.4, -0.2) is 82.5 Å². The van der Waals surface area contributed by atoms with Crippen LogP contribution in [0.1, 0.15) is 49.7 Å². The van der Waals surface area contributed by atoms with Crippen molar-refractivity contribution in [3.05, 3.63) is 42.2 Å². The average Bonchev–Trinajstić information content (AvgIpc) is 3.30. The van der Waals surface area contributed by atoms with Crippen molar-refractivity contribution in [2.75, 3.05) is 19.3 Å². The van der Waals surface area contributed by atoms with Gasteiger partial charge in [-0.25, -0.2) is 19.9 Å². The molecule has 2 saturated carbocycles. The highest BCUT2D eigenvalue weighted by Gasteiger charge is 2.46. The number of hydrogen-bond acceptors (Lipinski definition) is 10. The summed E-state index contributed by atoms with van der Waals surface area (Å²) in [7, 11) is 2.04. The van der Waals surface area contributed by atoms with Gasteiger partial charge in [0.05, 0.1) is 28.8 Å². The number of benzene rings is 1. The predicted octanol–water partition coefficient (Wildman–Crippen LogP) is 1.80. The monoisotopic (exact) mass is 543 g/mol. The highest BCUT2D eigenvalue weighted by atomic mass is 16.6. The summed E-state index contributed by atoms with van der Waals surface area (Å²) in [4.78, 5) is 22.9. The van der Waals surface area contributed by atoms with Crippen molar-refractivity contribution < 1.29 is 14.9 Å². The molecule has 3 aromatic heterocycles. The Morgan fingerprint density at radius 2 is 2.05 bits per heavy atom. The largest absolute Gasteiger partial charge is 0.387 e. The number of aryl methyl sites for hydroxylation is 1. The third kappa shape index (κ3) is 4.21. The van der Waals surface area contributed by atoms with Crippen LogP contribution in [0, 0.1) is 17.2 Å². The molecule has 4 atom stereocenters. The lowest BCUT2D eigenvalue weighted by molar-refractivity contribution is -0.0514. The van der Waals surface area contributed by atoms with Gasteiger partial charge in [-0.1, -0.05) is 6.07 Å². The van der Waals surface area contributed by atoms with Crippen molar-refractivity contribution in [1.82, 2.24) is 34.4 Å². The van der Waals surface area contributed by atoms with Crippen LogP contribution in [0.5, 0.6) is 0 Å². The zero-order chi connectivity index (χ0) is 27.6. The van der Waals surface area contributed by atoms with Gasteiger partial charge in [0.25, 0.3) is 0 Å². The Balaban J connectivity index is 0.920. The highest BCUT2D eigenvalue weighted by Crippen LogP contribution is 2.48. The molecule has 3 aliphatic rings. The van der Waals surface area contributed by atoms with E-state index in [4.69, 9.17) is 15.5 Å². The van der Waals surface area contributed by atoms with Crippen molar-refractivity contribution in [1.29, 1.82) is 5.26 Å². The Hall–Kier alpha value is -3.63. The number of aromatic nitrogens is 6. The number of nitrogens with two attached hydrogens (primary N) is 1. The molecule has 4 aromatic rings. The number of rotatable bonds is 8. The number of likely N-dealkylation sites (N-methyl/N-ethyl adjacent to an activating group) is 1. The first-order valence-corrected chi connectivity index (χ1v) is 13.9. The standard InChI is InChI=1S/C28H33N9O3/c1-36(11-20-23(38)24(39)27(40-20)37-14-33-22-25(30)31-13-32-26(22)37)17-8-15(9-17)2-5-21-34-18-4-3-16(10-19(18)35-21)28(12-29)6-7-28/h3-4,10,13-15,17,20,23-24,27,38-39H,2,5-9,11H2,1H3,(H,34,35)(H2,30,31,32)/t15?,17?,20-,23-,24-,27-/m1/s1. The first-order chi connectivity index (χ1) is 19.3. The molecular formula is C28H33N9O3. The lowest BCUT2D eigenvalue weighted by atomic mass is 9.76. The number of fused-ring (bicyclic) bond motifs is 2. The summed E-state index contributed by atoms with van der Waals surface area (Å²) in [5.41, 5.74) is 9.53. The molecule has 5 N–H and O–H groups in total. The number of nitriles is 1. The fourth-order valence-corrected chi connectivity index (χ4v) is 6.30. The van der Waals surface area contributed by atoms with Gasteiger partial charge >= 0.3 is 0 Å². The van der Waals surface area contributed by atoms with Crippen molar-refractivity contribution in [3.63, 3.8) is 0 Å². The Labute approximate surface area is 230 Å². The van der Waals surface area contributed by atoms with E-state index in [0.717, 1.165) is 60.9 Å². The van der Waals surface area contributed by atoms with Crippen molar-refractivity contribution >= 4 is 28.0 Å². The van der Waals surface area contributed by atoms with Gasteiger partial charge in [-0.15, -0.1) is 0 Å². The van der Waals surface area contributed by atoms with Gasteiger partial charge in [-0.2, -0.15) is 5.26 Å². The minimum atomic E-state index is -1.12. The summed E-state index contributed by atoms with van der Waals surface area (Å²) < 4.78 is 7.72. The average molecular weight is 544 g/mol. The zero-order valence-corrected chi connectivity index (χ0v) is 22.3. The molecule has 0 radical (unpaired) electrons. The minimum Gasteiger partial charge on any atom is -0.387 e. The number of nitrogen functional groups attached to an aromatic ring is 1. The van der Waals surface area contributed by atoms with E-state index in [1.54, 1.807) is 4.57 Å². The molecule has 4 heterocycles. The van der Waals surface area contributed by atoms with E-state index >= 15 is 0 Å². The van der Waals surface area contributed by atoms with Crippen molar-refractivity contribution in [2.45, 2.75) is 74.5 Å². The van der Waals surface area contributed by atoms with Gasteiger partial charge in [0.1, 0.15) is 36.0 Å². The number of H-pyrrole nitrogens is 1. The second kappa shape index (κ2) is 9.49. The SMILES string of the molecule is CN(C[C@H]1O[C@@H](n2cnc3c(N)ncnc32)[C@H](O)[C@@H]1O)C1CC(CCc2nc3cc(C4(C#N)CC4)ccc3[nH]2)C1. The molecule has 1 aliphatic heterocycles. The second-order valence-corrected chi connectivity index (χ2v) is 11.7. The smallest absolute Gasteiger partial charge is 0.167 e. The van der Waals surface area contributed by atoms with Gasteiger partial charge in [0.2, 0.25) is 0 Å². The summed E-state index contributed by atoms with van der Waals surface area (Å²) in [6.45, 7) is 0.506. The van der Waals surface area contributed by atoms with Gasteiger partial charge in [-0.3, -0.25) is 4.57 Å². The van der Waals surface area contributed by atoms with Crippen molar-refractivity contribution in [3.8, 4) is 6.07 Å². The maximum Gasteiger partial charge on any atom is 0.167 e. The first-order valence-electron chi connectivity index (χ1n) is 13.9. The van der Waals surface area contributed by atoms with E-state index in [-0.39, 0.29) is 11.2 Å². The fraction of sp³-hybridized carbons (Fsp3) is 0.536. The molecule has 12 nitrogen and oxygen atoms in total. The summed E-state index contributed by atoms with van der Waals surface area (Å²) in [6.07, 6.45) is 5.31. The third-order valence-corrected chi connectivity index (χ3v) is 9.14. The molecule has 7 rings (SSSR count). The molecule has 1 saturated heterocycles. The number of aliphatic hydroxyl groups is 2. The summed E-state index contributed by atoms with van der Waals surface area (Å²) in [5, 5.41) is 31.0. The second-order valence-electron chi connectivity index (χ2n) is 11.7. The van der Waals surface area contributed by atoms with E-state index in [1.165, 1.54) is 12.7 Å². The lowest BCUT2D eigenvalue weighted by Gasteiger charge is -2.42. The zero-order valence-electron chi connectivity index (χ0n) is 22.3. The Bertz CT molecular complexity index is 1600. The van der Waals surface area contributed by atoms with Crippen LogP contribution in [-0.2, 0) is 16.6 Å². The van der Waals surface area contributed by atoms with Crippen LogP contribution in [0.25, 0.3) is 22.2 Å². The van der Waals surface area contributed by atoms with Crippen LogP contribution in [0.4, 0.5) is 5.82 Å². The van der Waals surface area contributed by atoms with Gasteiger partial charge in [-0.05, 0) is 62.8 Å². The molecule has 1 aromatic carbocycles. The van der Waals surface area contributed by atoms with E-state index < -0.39 is 24.5 Å². The fourth-order valence-electron chi connectivity index (χ4n) is 6.30. The molecule has 0 amide bonds. The maximum absolute atomic E-state index is 10.8. The molecule has 208 valence electrons. The number of anilines is 1. The maximum atomic E-state index is 10.8. The molecule has 3 fully saturated rings. The van der Waals surface area contributed by atoms with Crippen LogP contribution >= 0.6 is 0 Å². The number of aliphatic hydroxyl groups excluding tert-OH is 2. The highest BCUT2D eigenvalue weighted by molar-refractivity contribution is 5.81. The minimum absolute atomic E-state index is 0.254. The third-order valence-electron chi connectivity index (χ3n) is 9.14. The Kier molecular flexibility index (Phi) is 6.01. The van der Waals surface area contributed by atoms with Crippen LogP contribution in [0.2, 0.25) is 0 Å². The quantitative estimate of drug-likeness (QED) is 0.256. The van der Waals surface area contributed by atoms with E-state index in [0.29, 0.717) is 29.7 Å². The van der Waals surface area contributed by atoms with Crippen LogP contribution in [0.15, 0.2) is 30.9 Å². The summed E-state index contributed by atoms with van der Waals surface area (Å²) >= 11 is 0. The molecule has 40 heavy (non-hydrogen) atoms. The van der Waals surface area contributed by atoms with Gasteiger partial charge in [0.15, 0.2) is 17.7 Å². The van der Waals surface area contributed by atoms with Crippen molar-refractivity contribution in [2.24, 2.45) is 5.92 Å². The van der Waals surface area contributed by atoms with E-state index in [9.17, 15) is 15.5 Å². The predicted molar refractivity (Wildman–Crippen MR) is 146 cm³/mol. The van der Waals surface area contributed by atoms with Crippen LogP contribution < -0.4 is 5.73 Å². The molecule has 12 heteroatoms. The lowest BCUT2D eigenvalue weighted by Crippen LogP contribution is -2.47. The number of nitrogens with zero attached hydrogens (tertiary/aromatic N) is 7. The Morgan fingerprint density at radius 1 is 1.23 bits per heavy atom.